The van der Waals surface area contributed by atoms with Crippen molar-refractivity contribution in [2.75, 3.05) is 25.0 Å². The van der Waals surface area contributed by atoms with Crippen LogP contribution >= 0.6 is 11.3 Å². The number of benzene rings is 2. The largest absolute Gasteiger partial charge is 0.480 e. The Bertz CT molecular complexity index is 1220. The normalized spacial score (nSPS) is 11.7. The third-order valence-electron chi connectivity index (χ3n) is 5.17. The Morgan fingerprint density at radius 3 is 2.36 bits per heavy atom. The van der Waals surface area contributed by atoms with Gasteiger partial charge in [0.15, 0.2) is 5.13 Å². The van der Waals surface area contributed by atoms with Crippen LogP contribution in [0.1, 0.15) is 27.5 Å². The van der Waals surface area contributed by atoms with Gasteiger partial charge in [-0.1, -0.05) is 54.5 Å². The van der Waals surface area contributed by atoms with Gasteiger partial charge in [0.25, 0.3) is 5.91 Å². The number of hydrogen-bond acceptors (Lipinski definition) is 6. The molecule has 1 heterocycles. The van der Waals surface area contributed by atoms with E-state index in [1.807, 2.05) is 36.4 Å². The molecule has 0 saturated carbocycles. The van der Waals surface area contributed by atoms with Crippen molar-refractivity contribution in [1.82, 2.24) is 9.88 Å². The maximum Gasteiger partial charge on any atom is 0.413 e. The number of terminal acetylenes is 1. The molecular formula is C24H19N3O5S. The summed E-state index contributed by atoms with van der Waals surface area (Å²) < 4.78 is 5.47. The van der Waals surface area contributed by atoms with Crippen molar-refractivity contribution >= 4 is 34.4 Å². The maximum atomic E-state index is 12.5. The van der Waals surface area contributed by atoms with Crippen LogP contribution in [0.2, 0.25) is 0 Å². The Morgan fingerprint density at radius 1 is 1.12 bits per heavy atom. The highest BCUT2D eigenvalue weighted by Gasteiger charge is 2.29. The zero-order valence-corrected chi connectivity index (χ0v) is 18.2. The molecule has 1 aliphatic carbocycles. The van der Waals surface area contributed by atoms with E-state index >= 15 is 0 Å². The van der Waals surface area contributed by atoms with Crippen molar-refractivity contribution in [3.05, 3.63) is 70.7 Å². The maximum absolute atomic E-state index is 12.5. The van der Waals surface area contributed by atoms with Gasteiger partial charge in [-0.3, -0.25) is 14.9 Å². The van der Waals surface area contributed by atoms with E-state index in [1.54, 1.807) is 0 Å². The van der Waals surface area contributed by atoms with Gasteiger partial charge in [0, 0.05) is 11.3 Å². The van der Waals surface area contributed by atoms with Crippen molar-refractivity contribution in [3.8, 4) is 23.5 Å². The van der Waals surface area contributed by atoms with Gasteiger partial charge < -0.3 is 14.7 Å². The molecule has 0 radical (unpaired) electrons. The van der Waals surface area contributed by atoms with Gasteiger partial charge >= 0.3 is 12.1 Å². The number of carboxylic acids is 1. The van der Waals surface area contributed by atoms with Crippen molar-refractivity contribution in [2.24, 2.45) is 0 Å². The molecule has 33 heavy (non-hydrogen) atoms. The van der Waals surface area contributed by atoms with Crippen LogP contribution in [0.15, 0.2) is 53.9 Å². The molecule has 0 saturated heterocycles. The van der Waals surface area contributed by atoms with Gasteiger partial charge in [-0.2, -0.15) is 0 Å². The molecule has 8 nitrogen and oxygen atoms in total. The van der Waals surface area contributed by atoms with Crippen LogP contribution in [-0.4, -0.2) is 52.7 Å². The molecule has 166 valence electrons. The lowest BCUT2D eigenvalue weighted by molar-refractivity contribution is -0.137. The lowest BCUT2D eigenvalue weighted by atomic mass is 9.98. The van der Waals surface area contributed by atoms with Crippen molar-refractivity contribution < 1.29 is 24.2 Å². The molecule has 0 unspecified atom stereocenters. The Balaban J connectivity index is 1.40. The van der Waals surface area contributed by atoms with Crippen LogP contribution in [0.3, 0.4) is 0 Å². The summed E-state index contributed by atoms with van der Waals surface area (Å²) in [7, 11) is 0. The summed E-state index contributed by atoms with van der Waals surface area (Å²) in [6, 6.07) is 16.0. The smallest absolute Gasteiger partial charge is 0.413 e. The second-order valence-corrected chi connectivity index (χ2v) is 8.11. The zero-order valence-electron chi connectivity index (χ0n) is 17.4. The molecule has 4 rings (SSSR count). The number of rotatable bonds is 7. The zero-order chi connectivity index (χ0) is 23.4. The third kappa shape index (κ3) is 4.71. The van der Waals surface area contributed by atoms with Gasteiger partial charge in [-0.15, -0.1) is 17.8 Å². The minimum absolute atomic E-state index is 0.00884. The van der Waals surface area contributed by atoms with Crippen molar-refractivity contribution in [3.63, 3.8) is 0 Å². The number of fused-ring (bicyclic) bond motifs is 3. The summed E-state index contributed by atoms with van der Waals surface area (Å²) in [5.74, 6) is 0.348. The first-order valence-corrected chi connectivity index (χ1v) is 10.9. The predicted molar refractivity (Wildman–Crippen MR) is 123 cm³/mol. The number of thiazole rings is 1. The van der Waals surface area contributed by atoms with E-state index in [2.05, 4.69) is 28.4 Å². The monoisotopic (exact) mass is 461 g/mol. The first-order valence-electron chi connectivity index (χ1n) is 10.00. The van der Waals surface area contributed by atoms with E-state index in [9.17, 15) is 14.4 Å². The van der Waals surface area contributed by atoms with Crippen LogP contribution in [0.25, 0.3) is 11.1 Å². The summed E-state index contributed by atoms with van der Waals surface area (Å²) >= 11 is 1.03. The van der Waals surface area contributed by atoms with Gasteiger partial charge in [-0.25, -0.2) is 9.78 Å². The average Bonchev–Trinajstić information content (AvgIpc) is 3.39. The number of carbonyl (C=O) groups excluding carboxylic acids is 2. The number of anilines is 1. The number of amides is 2. The Morgan fingerprint density at radius 2 is 1.76 bits per heavy atom. The average molecular weight is 461 g/mol. The van der Waals surface area contributed by atoms with Crippen LogP contribution in [0.4, 0.5) is 9.93 Å². The Labute approximate surface area is 193 Å². The fraction of sp³-hybridized carbons (Fsp3) is 0.167. The molecule has 1 aliphatic rings. The summed E-state index contributed by atoms with van der Waals surface area (Å²) in [6.45, 7) is -0.570. The topological polar surface area (TPSA) is 109 Å². The number of nitrogens with zero attached hydrogens (tertiary/aromatic N) is 2. The SMILES string of the molecule is C#CCN(CC(=O)O)C(=O)c1csc(NC(=O)OCC2c3ccccc3-c3ccccc32)n1. The minimum Gasteiger partial charge on any atom is -0.480 e. The van der Waals surface area contributed by atoms with Crippen LogP contribution < -0.4 is 5.32 Å². The van der Waals surface area contributed by atoms with Gasteiger partial charge in [-0.05, 0) is 22.3 Å². The van der Waals surface area contributed by atoms with Crippen molar-refractivity contribution in [2.45, 2.75) is 5.92 Å². The minimum atomic E-state index is -1.19. The van der Waals surface area contributed by atoms with E-state index in [0.29, 0.717) is 0 Å². The molecule has 1 aromatic heterocycles. The molecular weight excluding hydrogens is 442 g/mol. The summed E-state index contributed by atoms with van der Waals surface area (Å²) in [5, 5.41) is 13.1. The molecule has 2 amide bonds. The van der Waals surface area contributed by atoms with Gasteiger partial charge in [0.1, 0.15) is 18.8 Å². The number of carboxylic acid groups (broad SMARTS) is 1. The van der Waals surface area contributed by atoms with E-state index in [-0.39, 0.29) is 29.9 Å². The number of aliphatic carboxylic acids is 1. The fourth-order valence-electron chi connectivity index (χ4n) is 3.79. The molecule has 3 aromatic rings. The summed E-state index contributed by atoms with van der Waals surface area (Å²) in [6.07, 6.45) is 4.51. The summed E-state index contributed by atoms with van der Waals surface area (Å²) in [5.41, 5.74) is 4.44. The number of carbonyl (C=O) groups is 3. The number of nitrogens with one attached hydrogen (secondary N) is 1. The predicted octanol–water partition coefficient (Wildman–Crippen LogP) is 3.66. The molecule has 0 bridgehead atoms. The van der Waals surface area contributed by atoms with Gasteiger partial charge in [0.2, 0.25) is 0 Å². The number of hydrogen-bond donors (Lipinski definition) is 2. The second kappa shape index (κ2) is 9.54. The fourth-order valence-corrected chi connectivity index (χ4v) is 4.46. The highest BCUT2D eigenvalue weighted by atomic mass is 32.1. The molecule has 2 N–H and O–H groups in total. The number of aromatic nitrogens is 1. The van der Waals surface area contributed by atoms with Crippen LogP contribution in [0.5, 0.6) is 0 Å². The highest BCUT2D eigenvalue weighted by molar-refractivity contribution is 7.14. The molecule has 2 aromatic carbocycles. The molecule has 0 spiro atoms. The van der Waals surface area contributed by atoms with E-state index in [0.717, 1.165) is 38.5 Å². The summed E-state index contributed by atoms with van der Waals surface area (Å²) in [4.78, 5) is 40.9. The highest BCUT2D eigenvalue weighted by Crippen LogP contribution is 2.44. The molecule has 0 atom stereocenters. The lowest BCUT2D eigenvalue weighted by Crippen LogP contribution is -2.36. The molecule has 0 fully saturated rings. The first-order chi connectivity index (χ1) is 16.0. The third-order valence-corrected chi connectivity index (χ3v) is 5.93. The van der Waals surface area contributed by atoms with Gasteiger partial charge in [0.05, 0.1) is 6.54 Å². The quantitative estimate of drug-likeness (QED) is 0.520. The Kier molecular flexibility index (Phi) is 6.38. The van der Waals surface area contributed by atoms with E-state index in [4.69, 9.17) is 16.3 Å². The lowest BCUT2D eigenvalue weighted by Gasteiger charge is -2.16. The molecule has 9 heteroatoms. The number of ether oxygens (including phenoxy) is 1. The van der Waals surface area contributed by atoms with Crippen LogP contribution in [0, 0.1) is 12.3 Å². The molecule has 0 aliphatic heterocycles. The first kappa shape index (κ1) is 22.0. The van der Waals surface area contributed by atoms with Crippen molar-refractivity contribution in [1.29, 1.82) is 0 Å². The van der Waals surface area contributed by atoms with E-state index in [1.165, 1.54) is 5.38 Å². The second-order valence-electron chi connectivity index (χ2n) is 7.25. The Hall–Kier alpha value is -4.16. The van der Waals surface area contributed by atoms with Crippen LogP contribution in [-0.2, 0) is 9.53 Å². The standard InChI is InChI=1S/C24H19N3O5S/c1-2-11-27(12-21(28)29)22(30)20-14-33-23(25-20)26-24(31)32-13-19-17-9-5-3-7-15(17)16-8-4-6-10-18(16)19/h1,3-10,14,19H,11-13H2,(H,28,29)(H,25,26,31). The van der Waals surface area contributed by atoms with E-state index < -0.39 is 24.5 Å².